The number of aromatic amines is 1. The summed E-state index contributed by atoms with van der Waals surface area (Å²) in [5, 5.41) is 0.637. The van der Waals surface area contributed by atoms with Crippen molar-refractivity contribution >= 4 is 10.9 Å². The van der Waals surface area contributed by atoms with E-state index in [4.69, 9.17) is 9.72 Å². The molecule has 2 heterocycles. The molecule has 2 aromatic carbocycles. The molecule has 152 valence electrons. The quantitative estimate of drug-likeness (QED) is 0.606. The number of aromatic nitrogens is 2. The van der Waals surface area contributed by atoms with E-state index >= 15 is 0 Å². The lowest BCUT2D eigenvalue weighted by molar-refractivity contribution is 0.205. The number of nitrogens with one attached hydrogen (secondary N) is 1. The van der Waals surface area contributed by atoms with Crippen molar-refractivity contribution < 1.29 is 4.74 Å². The minimum atomic E-state index is -0.104. The molecule has 1 N–H and O–H groups in total. The van der Waals surface area contributed by atoms with Gasteiger partial charge in [0.05, 0.1) is 17.5 Å². The Kier molecular flexibility index (Phi) is 6.25. The number of rotatable bonds is 7. The number of hydrogen-bond donors (Lipinski definition) is 1. The van der Waals surface area contributed by atoms with Crippen LogP contribution >= 0.6 is 0 Å². The highest BCUT2D eigenvalue weighted by atomic mass is 16.5. The molecule has 0 spiro atoms. The minimum Gasteiger partial charge on any atom is -0.494 e. The minimum absolute atomic E-state index is 0.104. The Labute approximate surface area is 171 Å². The van der Waals surface area contributed by atoms with Gasteiger partial charge in [0.1, 0.15) is 11.6 Å². The summed E-state index contributed by atoms with van der Waals surface area (Å²) in [6.45, 7) is 6.31. The summed E-state index contributed by atoms with van der Waals surface area (Å²) in [7, 11) is 0. The number of benzene rings is 2. The van der Waals surface area contributed by atoms with Crippen LogP contribution in [0.25, 0.3) is 22.3 Å². The van der Waals surface area contributed by atoms with Crippen LogP contribution in [0.2, 0.25) is 0 Å². The van der Waals surface area contributed by atoms with Crippen molar-refractivity contribution in [2.24, 2.45) is 0 Å². The number of aryl methyl sites for hydroxylation is 1. The van der Waals surface area contributed by atoms with Gasteiger partial charge in [-0.05, 0) is 62.5 Å². The molecule has 0 aliphatic carbocycles. The largest absolute Gasteiger partial charge is 0.494 e. The van der Waals surface area contributed by atoms with Gasteiger partial charge in [0, 0.05) is 12.1 Å². The van der Waals surface area contributed by atoms with Crippen molar-refractivity contribution in [3.8, 4) is 17.1 Å². The maximum atomic E-state index is 12.6. The van der Waals surface area contributed by atoms with Crippen LogP contribution in [0.3, 0.4) is 0 Å². The number of ether oxygens (including phenoxy) is 1. The van der Waals surface area contributed by atoms with Gasteiger partial charge in [0.25, 0.3) is 5.56 Å². The molecule has 0 saturated carbocycles. The molecule has 1 aliphatic heterocycles. The molecule has 0 unspecified atom stereocenters. The molecular weight excluding hydrogens is 362 g/mol. The van der Waals surface area contributed by atoms with Gasteiger partial charge >= 0.3 is 0 Å². The first-order chi connectivity index (χ1) is 14.2. The monoisotopic (exact) mass is 391 g/mol. The summed E-state index contributed by atoms with van der Waals surface area (Å²) < 4.78 is 5.98. The van der Waals surface area contributed by atoms with Crippen LogP contribution in [-0.4, -0.2) is 41.1 Å². The highest BCUT2D eigenvalue weighted by Gasteiger charge is 2.11. The second-order valence-corrected chi connectivity index (χ2v) is 7.71. The Bertz CT molecular complexity index is 1020. The number of fused-ring (bicyclic) bond motifs is 1. The smallest absolute Gasteiger partial charge is 0.259 e. The van der Waals surface area contributed by atoms with Crippen LogP contribution in [0.5, 0.6) is 5.75 Å². The van der Waals surface area contributed by atoms with E-state index in [2.05, 4.69) is 16.8 Å². The van der Waals surface area contributed by atoms with Crippen LogP contribution in [0.1, 0.15) is 38.2 Å². The third-order valence-corrected chi connectivity index (χ3v) is 5.64. The van der Waals surface area contributed by atoms with Crippen molar-refractivity contribution in [1.82, 2.24) is 14.9 Å². The number of nitrogens with zero attached hydrogens (tertiary/aromatic N) is 2. The lowest BCUT2D eigenvalue weighted by Crippen LogP contribution is -2.31. The summed E-state index contributed by atoms with van der Waals surface area (Å²) in [4.78, 5) is 22.8. The van der Waals surface area contributed by atoms with Gasteiger partial charge in [-0.15, -0.1) is 0 Å². The highest BCUT2D eigenvalue weighted by Crippen LogP contribution is 2.23. The molecule has 1 fully saturated rings. The average molecular weight is 392 g/mol. The maximum Gasteiger partial charge on any atom is 0.259 e. The number of H-pyrrole nitrogens is 1. The summed E-state index contributed by atoms with van der Waals surface area (Å²) in [5.41, 5.74) is 2.62. The third kappa shape index (κ3) is 4.67. The Morgan fingerprint density at radius 1 is 1.10 bits per heavy atom. The lowest BCUT2D eigenvalue weighted by atomic mass is 10.1. The molecule has 0 atom stereocenters. The third-order valence-electron chi connectivity index (χ3n) is 5.64. The Morgan fingerprint density at radius 3 is 2.76 bits per heavy atom. The van der Waals surface area contributed by atoms with Crippen LogP contribution in [0, 0.1) is 0 Å². The van der Waals surface area contributed by atoms with Crippen LogP contribution in [0.15, 0.2) is 47.3 Å². The van der Waals surface area contributed by atoms with Crippen LogP contribution in [-0.2, 0) is 6.42 Å². The molecule has 0 amide bonds. The molecule has 5 heteroatoms. The number of piperidine rings is 1. The summed E-state index contributed by atoms with van der Waals surface area (Å²) in [6.07, 6.45) is 5.87. The Balaban J connectivity index is 1.47. The van der Waals surface area contributed by atoms with Gasteiger partial charge in [-0.1, -0.05) is 37.6 Å². The van der Waals surface area contributed by atoms with E-state index in [0.717, 1.165) is 41.8 Å². The number of para-hydroxylation sites is 1. The Morgan fingerprint density at radius 2 is 1.93 bits per heavy atom. The second kappa shape index (κ2) is 9.23. The predicted octanol–water partition coefficient (Wildman–Crippen LogP) is 4.41. The fourth-order valence-electron chi connectivity index (χ4n) is 4.04. The van der Waals surface area contributed by atoms with Crippen molar-refractivity contribution in [2.75, 3.05) is 26.2 Å². The summed E-state index contributed by atoms with van der Waals surface area (Å²) in [6, 6.07) is 13.6. The van der Waals surface area contributed by atoms with Crippen molar-refractivity contribution in [3.63, 3.8) is 0 Å². The fraction of sp³-hybridized carbons (Fsp3) is 0.417. The van der Waals surface area contributed by atoms with Crippen molar-refractivity contribution in [3.05, 3.63) is 58.4 Å². The number of likely N-dealkylation sites (tertiary alicyclic amines) is 1. The summed E-state index contributed by atoms with van der Waals surface area (Å²) >= 11 is 0. The van der Waals surface area contributed by atoms with Crippen molar-refractivity contribution in [1.29, 1.82) is 0 Å². The molecule has 1 aromatic heterocycles. The second-order valence-electron chi connectivity index (χ2n) is 7.71. The molecule has 0 bridgehead atoms. The van der Waals surface area contributed by atoms with E-state index in [1.807, 2.05) is 42.5 Å². The molecule has 29 heavy (non-hydrogen) atoms. The molecular formula is C24H29N3O2. The topological polar surface area (TPSA) is 58.2 Å². The molecule has 0 radical (unpaired) electrons. The van der Waals surface area contributed by atoms with E-state index in [0.29, 0.717) is 17.8 Å². The first-order valence-electron chi connectivity index (χ1n) is 10.7. The van der Waals surface area contributed by atoms with Gasteiger partial charge in [0.2, 0.25) is 0 Å². The van der Waals surface area contributed by atoms with Gasteiger partial charge < -0.3 is 14.6 Å². The van der Waals surface area contributed by atoms with Crippen LogP contribution in [0.4, 0.5) is 0 Å². The number of hydrogen-bond acceptors (Lipinski definition) is 4. The summed E-state index contributed by atoms with van der Waals surface area (Å²) in [5.74, 6) is 1.40. The molecule has 4 rings (SSSR count). The Hall–Kier alpha value is -2.66. The van der Waals surface area contributed by atoms with E-state index in [-0.39, 0.29) is 5.56 Å². The van der Waals surface area contributed by atoms with Gasteiger partial charge in [-0.25, -0.2) is 4.98 Å². The van der Waals surface area contributed by atoms with E-state index < -0.39 is 0 Å². The zero-order chi connectivity index (χ0) is 20.1. The maximum absolute atomic E-state index is 12.6. The lowest BCUT2D eigenvalue weighted by Gasteiger charge is -2.26. The van der Waals surface area contributed by atoms with E-state index in [1.165, 1.54) is 32.4 Å². The van der Waals surface area contributed by atoms with E-state index in [9.17, 15) is 4.79 Å². The zero-order valence-electron chi connectivity index (χ0n) is 17.1. The molecule has 1 saturated heterocycles. The predicted molar refractivity (Wildman–Crippen MR) is 118 cm³/mol. The van der Waals surface area contributed by atoms with E-state index in [1.54, 1.807) is 0 Å². The standard InChI is InChI=1S/C24H29N3O2/c1-2-18-9-7-12-21-22(18)25-23(26-24(21)28)19-10-6-11-20(17-19)29-16-8-15-27-13-4-3-5-14-27/h6-7,9-12,17H,2-5,8,13-16H2,1H3,(H,25,26,28). The molecule has 3 aromatic rings. The van der Waals surface area contributed by atoms with Crippen molar-refractivity contribution in [2.45, 2.75) is 39.0 Å². The van der Waals surface area contributed by atoms with Gasteiger partial charge in [-0.3, -0.25) is 4.79 Å². The molecule has 1 aliphatic rings. The highest BCUT2D eigenvalue weighted by molar-refractivity contribution is 5.82. The average Bonchev–Trinajstić information content (AvgIpc) is 2.77. The SMILES string of the molecule is CCc1cccc2c(=O)[nH]c(-c3cccc(OCCCN4CCCCC4)c3)nc12. The normalized spacial score (nSPS) is 14.9. The van der Waals surface area contributed by atoms with Gasteiger partial charge in [-0.2, -0.15) is 0 Å². The first kappa shape index (κ1) is 19.6. The zero-order valence-corrected chi connectivity index (χ0v) is 17.1. The first-order valence-corrected chi connectivity index (χ1v) is 10.7. The fourth-order valence-corrected chi connectivity index (χ4v) is 4.04. The molecule has 5 nitrogen and oxygen atoms in total. The van der Waals surface area contributed by atoms with Gasteiger partial charge in [0.15, 0.2) is 0 Å². The van der Waals surface area contributed by atoms with Crippen LogP contribution < -0.4 is 10.3 Å².